The molecule has 1 aliphatic heterocycles. The standard InChI is InChI=1S/C7H10N2S/c1-5(8)3-7-9-6(2)4-10-7/h3-4,9H,1,8H2,2H3. The van der Waals surface area contributed by atoms with Crippen LogP contribution in [0.15, 0.2) is 34.5 Å². The second kappa shape index (κ2) is 2.84. The van der Waals surface area contributed by atoms with Gasteiger partial charge in [0, 0.05) is 11.4 Å². The molecule has 0 amide bonds. The second-order valence-corrected chi connectivity index (χ2v) is 3.04. The van der Waals surface area contributed by atoms with Gasteiger partial charge < -0.3 is 11.1 Å². The highest BCUT2D eigenvalue weighted by Gasteiger charge is 2.03. The van der Waals surface area contributed by atoms with Gasteiger partial charge in [-0.05, 0) is 18.4 Å². The summed E-state index contributed by atoms with van der Waals surface area (Å²) in [6.45, 7) is 5.58. The van der Waals surface area contributed by atoms with Crippen molar-refractivity contribution in [3.63, 3.8) is 0 Å². The number of hydrogen-bond donors (Lipinski definition) is 2. The smallest absolute Gasteiger partial charge is 0.0786 e. The van der Waals surface area contributed by atoms with E-state index in [0.29, 0.717) is 5.70 Å². The fourth-order valence-electron chi connectivity index (χ4n) is 0.644. The maximum atomic E-state index is 5.37. The number of thioether (sulfide) groups is 1. The Morgan fingerprint density at radius 3 is 3.00 bits per heavy atom. The summed E-state index contributed by atoms with van der Waals surface area (Å²) in [7, 11) is 0. The molecule has 1 rings (SSSR count). The van der Waals surface area contributed by atoms with Gasteiger partial charge in [-0.15, -0.1) is 0 Å². The van der Waals surface area contributed by atoms with Gasteiger partial charge in [-0.3, -0.25) is 0 Å². The van der Waals surface area contributed by atoms with Crippen molar-refractivity contribution in [3.05, 3.63) is 34.5 Å². The van der Waals surface area contributed by atoms with E-state index in [2.05, 4.69) is 11.9 Å². The molecule has 0 unspecified atom stereocenters. The first-order valence-corrected chi connectivity index (χ1v) is 3.83. The average Bonchev–Trinajstić information content (AvgIpc) is 2.13. The van der Waals surface area contributed by atoms with Crippen LogP contribution in [0, 0.1) is 0 Å². The molecule has 0 aromatic carbocycles. The van der Waals surface area contributed by atoms with Crippen LogP contribution in [0.5, 0.6) is 0 Å². The molecule has 3 N–H and O–H groups in total. The van der Waals surface area contributed by atoms with E-state index in [1.54, 1.807) is 11.8 Å². The number of rotatable bonds is 1. The van der Waals surface area contributed by atoms with Crippen LogP contribution in [0.2, 0.25) is 0 Å². The number of nitrogens with two attached hydrogens (primary N) is 1. The Balaban J connectivity index is 2.57. The molecule has 0 aliphatic carbocycles. The van der Waals surface area contributed by atoms with E-state index in [9.17, 15) is 0 Å². The maximum Gasteiger partial charge on any atom is 0.0786 e. The third-order valence-electron chi connectivity index (χ3n) is 1.000. The Bertz CT molecular complexity index is 216. The lowest BCUT2D eigenvalue weighted by Crippen LogP contribution is -2.03. The van der Waals surface area contributed by atoms with Gasteiger partial charge in [0.05, 0.1) is 5.03 Å². The molecule has 54 valence electrons. The lowest BCUT2D eigenvalue weighted by Gasteiger charge is -1.97. The second-order valence-electron chi connectivity index (χ2n) is 2.13. The van der Waals surface area contributed by atoms with Crippen LogP contribution in [0.25, 0.3) is 0 Å². The molecular formula is C7H10N2S. The summed E-state index contributed by atoms with van der Waals surface area (Å²) in [6, 6.07) is 0. The van der Waals surface area contributed by atoms with Crippen LogP contribution in [0.3, 0.4) is 0 Å². The Morgan fingerprint density at radius 1 is 1.90 bits per heavy atom. The Morgan fingerprint density at radius 2 is 2.60 bits per heavy atom. The zero-order valence-corrected chi connectivity index (χ0v) is 6.66. The summed E-state index contributed by atoms with van der Waals surface area (Å²) in [5.41, 5.74) is 7.10. The normalized spacial score (nSPS) is 20.5. The highest BCUT2D eigenvalue weighted by Crippen LogP contribution is 2.23. The lowest BCUT2D eigenvalue weighted by atomic mass is 10.5. The molecule has 10 heavy (non-hydrogen) atoms. The van der Waals surface area contributed by atoms with E-state index < -0.39 is 0 Å². The predicted octanol–water partition coefficient (Wildman–Crippen LogP) is 1.50. The van der Waals surface area contributed by atoms with E-state index in [1.807, 2.05) is 18.4 Å². The zero-order valence-electron chi connectivity index (χ0n) is 5.85. The van der Waals surface area contributed by atoms with E-state index in [0.717, 1.165) is 10.7 Å². The first kappa shape index (κ1) is 7.28. The van der Waals surface area contributed by atoms with Crippen molar-refractivity contribution in [2.24, 2.45) is 5.73 Å². The Kier molecular flexibility index (Phi) is 2.06. The molecule has 0 aromatic rings. The van der Waals surface area contributed by atoms with Crippen molar-refractivity contribution < 1.29 is 0 Å². The highest BCUT2D eigenvalue weighted by molar-refractivity contribution is 8.06. The third kappa shape index (κ3) is 1.84. The van der Waals surface area contributed by atoms with Crippen LogP contribution < -0.4 is 11.1 Å². The molecular weight excluding hydrogens is 144 g/mol. The zero-order chi connectivity index (χ0) is 7.56. The lowest BCUT2D eigenvalue weighted by molar-refractivity contribution is 1.06. The minimum atomic E-state index is 0.582. The van der Waals surface area contributed by atoms with E-state index in [-0.39, 0.29) is 0 Å². The van der Waals surface area contributed by atoms with Crippen molar-refractivity contribution in [2.75, 3.05) is 0 Å². The van der Waals surface area contributed by atoms with Gasteiger partial charge in [0.25, 0.3) is 0 Å². The average molecular weight is 154 g/mol. The molecule has 1 aliphatic rings. The van der Waals surface area contributed by atoms with Gasteiger partial charge in [-0.2, -0.15) is 0 Å². The van der Waals surface area contributed by atoms with Crippen LogP contribution >= 0.6 is 11.8 Å². The molecule has 3 heteroatoms. The third-order valence-corrected chi connectivity index (χ3v) is 1.94. The molecule has 0 radical (unpaired) electrons. The largest absolute Gasteiger partial charge is 0.399 e. The molecule has 2 nitrogen and oxygen atoms in total. The molecule has 1 heterocycles. The van der Waals surface area contributed by atoms with Crippen molar-refractivity contribution >= 4 is 11.8 Å². The summed E-state index contributed by atoms with van der Waals surface area (Å²) in [6.07, 6.45) is 1.82. The molecule has 0 saturated heterocycles. The minimum absolute atomic E-state index is 0.582. The number of nitrogens with one attached hydrogen (secondary N) is 1. The Labute approximate surface area is 64.9 Å². The quantitative estimate of drug-likeness (QED) is 0.601. The molecule has 0 fully saturated rings. The molecule has 0 aromatic heterocycles. The topological polar surface area (TPSA) is 38.0 Å². The van der Waals surface area contributed by atoms with Crippen molar-refractivity contribution in [3.8, 4) is 0 Å². The van der Waals surface area contributed by atoms with Crippen LogP contribution in [0.4, 0.5) is 0 Å². The monoisotopic (exact) mass is 154 g/mol. The highest BCUT2D eigenvalue weighted by atomic mass is 32.2. The van der Waals surface area contributed by atoms with Crippen molar-refractivity contribution in [2.45, 2.75) is 6.92 Å². The first-order chi connectivity index (χ1) is 4.68. The van der Waals surface area contributed by atoms with E-state index in [4.69, 9.17) is 5.73 Å². The maximum absolute atomic E-state index is 5.37. The number of hydrogen-bond acceptors (Lipinski definition) is 3. The van der Waals surface area contributed by atoms with Gasteiger partial charge in [-0.1, -0.05) is 18.3 Å². The van der Waals surface area contributed by atoms with Crippen molar-refractivity contribution in [1.82, 2.24) is 5.32 Å². The van der Waals surface area contributed by atoms with Crippen molar-refractivity contribution in [1.29, 1.82) is 0 Å². The molecule has 0 bridgehead atoms. The summed E-state index contributed by atoms with van der Waals surface area (Å²) < 4.78 is 0. The van der Waals surface area contributed by atoms with Crippen LogP contribution in [-0.4, -0.2) is 0 Å². The first-order valence-electron chi connectivity index (χ1n) is 2.95. The minimum Gasteiger partial charge on any atom is -0.399 e. The summed E-state index contributed by atoms with van der Waals surface area (Å²) in [4.78, 5) is 0. The fraction of sp³-hybridized carbons (Fsp3) is 0.143. The molecule has 0 spiro atoms. The van der Waals surface area contributed by atoms with Gasteiger partial charge in [-0.25, -0.2) is 0 Å². The van der Waals surface area contributed by atoms with Gasteiger partial charge in [0.15, 0.2) is 0 Å². The SMILES string of the molecule is C=C(N)C=C1NC(C)=CS1. The van der Waals surface area contributed by atoms with Gasteiger partial charge in [0.1, 0.15) is 0 Å². The fourth-order valence-corrected chi connectivity index (χ4v) is 1.45. The number of allylic oxidation sites excluding steroid dienone is 2. The van der Waals surface area contributed by atoms with Crippen LogP contribution in [-0.2, 0) is 0 Å². The van der Waals surface area contributed by atoms with Gasteiger partial charge >= 0.3 is 0 Å². The van der Waals surface area contributed by atoms with Crippen LogP contribution in [0.1, 0.15) is 6.92 Å². The van der Waals surface area contributed by atoms with E-state index in [1.165, 1.54) is 0 Å². The summed E-state index contributed by atoms with van der Waals surface area (Å²) in [5.74, 6) is 0. The molecule has 0 saturated carbocycles. The summed E-state index contributed by atoms with van der Waals surface area (Å²) in [5, 5.41) is 6.21. The van der Waals surface area contributed by atoms with E-state index >= 15 is 0 Å². The Hall–Kier alpha value is -0.830. The van der Waals surface area contributed by atoms with Gasteiger partial charge in [0.2, 0.25) is 0 Å². The summed E-state index contributed by atoms with van der Waals surface area (Å²) >= 11 is 1.63. The molecule has 0 atom stereocenters. The predicted molar refractivity (Wildman–Crippen MR) is 45.9 cm³/mol.